The predicted octanol–water partition coefficient (Wildman–Crippen LogP) is 1.34. The van der Waals surface area contributed by atoms with Gasteiger partial charge in [0.1, 0.15) is 0 Å². The first-order valence-electron chi connectivity index (χ1n) is 3.51. The Kier molecular flexibility index (Phi) is 4.11. The summed E-state index contributed by atoms with van der Waals surface area (Å²) in [5, 5.41) is 0.407. The van der Waals surface area contributed by atoms with Gasteiger partial charge >= 0.3 is 5.97 Å². The second-order valence-electron chi connectivity index (χ2n) is 2.38. The summed E-state index contributed by atoms with van der Waals surface area (Å²) < 4.78 is 0. The van der Waals surface area contributed by atoms with Crippen molar-refractivity contribution in [3.63, 3.8) is 0 Å². The molecule has 1 atom stereocenters. The first-order valence-corrected chi connectivity index (χ1v) is 5.89. The maximum Gasteiger partial charge on any atom is 0.325 e. The molecule has 0 amide bonds. The smallest absolute Gasteiger partial charge is 0.325 e. The third-order valence-corrected chi connectivity index (χ3v) is 4.47. The van der Waals surface area contributed by atoms with Crippen LogP contribution in [0.25, 0.3) is 0 Å². The molecule has 1 heterocycles. The van der Waals surface area contributed by atoms with Gasteiger partial charge in [-0.1, -0.05) is 21.6 Å². The molecule has 0 aromatic rings. The molecule has 64 valence electrons. The summed E-state index contributed by atoms with van der Waals surface area (Å²) in [6.45, 7) is 0. The Morgan fingerprint density at radius 1 is 1.73 bits per heavy atom. The quantitative estimate of drug-likeness (QED) is 0.530. The fraction of sp³-hybridized carbons (Fsp3) is 0.833. The number of hydrogen-bond donors (Lipinski definition) is 1. The van der Waals surface area contributed by atoms with Crippen molar-refractivity contribution >= 4 is 27.6 Å². The van der Waals surface area contributed by atoms with E-state index in [1.54, 1.807) is 10.8 Å². The van der Waals surface area contributed by atoms with Crippen molar-refractivity contribution < 1.29 is 9.63 Å². The monoisotopic (exact) mass is 193 g/mol. The van der Waals surface area contributed by atoms with E-state index in [1.807, 2.05) is 10.8 Å². The van der Waals surface area contributed by atoms with Crippen molar-refractivity contribution in [3.8, 4) is 0 Å². The van der Waals surface area contributed by atoms with E-state index in [1.165, 1.54) is 12.2 Å². The molecule has 0 saturated carbocycles. The molecule has 0 aliphatic carbocycles. The van der Waals surface area contributed by atoms with E-state index in [9.17, 15) is 4.79 Å². The summed E-state index contributed by atoms with van der Waals surface area (Å²) in [5.41, 5.74) is 0. The molecule has 2 N–H and O–H groups in total. The summed E-state index contributed by atoms with van der Waals surface area (Å²) in [4.78, 5) is 14.8. The van der Waals surface area contributed by atoms with E-state index in [2.05, 4.69) is 4.84 Å². The number of carbonyl (C=O) groups is 1. The molecule has 1 unspecified atom stereocenters. The molecule has 1 rings (SSSR count). The van der Waals surface area contributed by atoms with E-state index >= 15 is 0 Å². The van der Waals surface area contributed by atoms with Gasteiger partial charge in [0.15, 0.2) is 0 Å². The second kappa shape index (κ2) is 4.90. The van der Waals surface area contributed by atoms with Gasteiger partial charge in [0.2, 0.25) is 0 Å². The van der Waals surface area contributed by atoms with Crippen molar-refractivity contribution in [1.29, 1.82) is 0 Å². The van der Waals surface area contributed by atoms with Crippen LogP contribution in [0.1, 0.15) is 19.3 Å². The van der Waals surface area contributed by atoms with Crippen LogP contribution in [0.5, 0.6) is 0 Å². The van der Waals surface area contributed by atoms with Crippen LogP contribution in [0.3, 0.4) is 0 Å². The summed E-state index contributed by atoms with van der Waals surface area (Å²) >= 11 is 0. The Bertz CT molecular complexity index is 137. The minimum Gasteiger partial charge on any atom is -0.373 e. The zero-order valence-electron chi connectivity index (χ0n) is 6.12. The van der Waals surface area contributed by atoms with Gasteiger partial charge in [-0.2, -0.15) is 5.90 Å². The highest BCUT2D eigenvalue weighted by atomic mass is 33.1. The molecule has 3 nitrogen and oxygen atoms in total. The van der Waals surface area contributed by atoms with Crippen molar-refractivity contribution in [2.24, 2.45) is 5.90 Å². The standard InChI is InChI=1S/C6H11NO2S2/c7-9-6(8)4-5-2-1-3-10-11-5/h5H,1-4,7H2. The number of rotatable bonds is 2. The third-order valence-electron chi connectivity index (χ3n) is 1.48. The van der Waals surface area contributed by atoms with E-state index in [4.69, 9.17) is 5.90 Å². The average molecular weight is 193 g/mol. The van der Waals surface area contributed by atoms with E-state index < -0.39 is 0 Å². The summed E-state index contributed by atoms with van der Waals surface area (Å²) in [7, 11) is 3.59. The first-order chi connectivity index (χ1) is 5.33. The molecule has 1 aliphatic rings. The first kappa shape index (κ1) is 9.22. The summed E-state index contributed by atoms with van der Waals surface area (Å²) in [6, 6.07) is 0. The molecule has 1 aliphatic heterocycles. The maximum absolute atomic E-state index is 10.7. The van der Waals surface area contributed by atoms with Gasteiger partial charge in [0.25, 0.3) is 0 Å². The minimum atomic E-state index is -0.301. The lowest BCUT2D eigenvalue weighted by atomic mass is 10.2. The van der Waals surface area contributed by atoms with Crippen LogP contribution in [-0.4, -0.2) is 17.0 Å². The molecular formula is C6H11NO2S2. The lowest BCUT2D eigenvalue weighted by Crippen LogP contribution is -2.17. The molecular weight excluding hydrogens is 182 g/mol. The molecule has 1 fully saturated rings. The highest BCUT2D eigenvalue weighted by Gasteiger charge is 2.18. The molecule has 0 spiro atoms. The van der Waals surface area contributed by atoms with Gasteiger partial charge in [-0.3, -0.25) is 4.79 Å². The molecule has 1 saturated heterocycles. The molecule has 0 bridgehead atoms. The van der Waals surface area contributed by atoms with Crippen LogP contribution >= 0.6 is 21.6 Å². The zero-order chi connectivity index (χ0) is 8.10. The zero-order valence-corrected chi connectivity index (χ0v) is 7.75. The van der Waals surface area contributed by atoms with Gasteiger partial charge in [-0.05, 0) is 12.8 Å². The van der Waals surface area contributed by atoms with Crippen molar-refractivity contribution in [2.75, 3.05) is 5.75 Å². The molecule has 11 heavy (non-hydrogen) atoms. The normalized spacial score (nSPS) is 24.6. The minimum absolute atomic E-state index is 0.301. The summed E-state index contributed by atoms with van der Waals surface area (Å²) in [6.07, 6.45) is 2.75. The molecule has 5 heteroatoms. The Hall–Kier alpha value is 0.130. The number of hydrogen-bond acceptors (Lipinski definition) is 5. The van der Waals surface area contributed by atoms with E-state index in [-0.39, 0.29) is 5.97 Å². The lowest BCUT2D eigenvalue weighted by Gasteiger charge is -2.18. The molecule has 0 radical (unpaired) electrons. The van der Waals surface area contributed by atoms with Gasteiger partial charge in [0.05, 0.1) is 6.42 Å². The number of nitrogens with two attached hydrogens (primary N) is 1. The van der Waals surface area contributed by atoms with Crippen LogP contribution in [0.2, 0.25) is 0 Å². The largest absolute Gasteiger partial charge is 0.373 e. The van der Waals surface area contributed by atoms with Crippen molar-refractivity contribution in [3.05, 3.63) is 0 Å². The Morgan fingerprint density at radius 2 is 2.55 bits per heavy atom. The Morgan fingerprint density at radius 3 is 3.09 bits per heavy atom. The topological polar surface area (TPSA) is 52.3 Å². The van der Waals surface area contributed by atoms with Crippen LogP contribution in [0.4, 0.5) is 0 Å². The van der Waals surface area contributed by atoms with Gasteiger partial charge < -0.3 is 4.84 Å². The lowest BCUT2D eigenvalue weighted by molar-refractivity contribution is -0.144. The average Bonchev–Trinajstić information content (AvgIpc) is 2.06. The van der Waals surface area contributed by atoms with Crippen molar-refractivity contribution in [2.45, 2.75) is 24.5 Å². The summed E-state index contributed by atoms with van der Waals surface area (Å²) in [5.74, 6) is 5.62. The van der Waals surface area contributed by atoms with E-state index in [0.717, 1.165) is 6.42 Å². The van der Waals surface area contributed by atoms with Gasteiger partial charge in [-0.15, -0.1) is 0 Å². The highest BCUT2D eigenvalue weighted by Crippen LogP contribution is 2.37. The molecule has 0 aromatic carbocycles. The molecule has 0 aromatic heterocycles. The van der Waals surface area contributed by atoms with Crippen LogP contribution in [0, 0.1) is 0 Å². The van der Waals surface area contributed by atoms with Crippen molar-refractivity contribution in [1.82, 2.24) is 0 Å². The Labute approximate surface area is 73.8 Å². The predicted molar refractivity (Wildman–Crippen MR) is 48.0 cm³/mol. The highest BCUT2D eigenvalue weighted by molar-refractivity contribution is 8.77. The van der Waals surface area contributed by atoms with Crippen LogP contribution in [-0.2, 0) is 9.63 Å². The third kappa shape index (κ3) is 3.35. The second-order valence-corrected chi connectivity index (χ2v) is 5.16. The van der Waals surface area contributed by atoms with Gasteiger partial charge in [-0.25, -0.2) is 0 Å². The van der Waals surface area contributed by atoms with E-state index in [0.29, 0.717) is 11.7 Å². The number of carbonyl (C=O) groups excluding carboxylic acids is 1. The SMILES string of the molecule is NOC(=O)CC1CCCSS1. The fourth-order valence-corrected chi connectivity index (χ4v) is 3.69. The van der Waals surface area contributed by atoms with Gasteiger partial charge in [0, 0.05) is 11.0 Å². The fourth-order valence-electron chi connectivity index (χ4n) is 0.932. The Balaban J connectivity index is 2.19. The van der Waals surface area contributed by atoms with Crippen LogP contribution < -0.4 is 5.90 Å². The van der Waals surface area contributed by atoms with Crippen LogP contribution in [0.15, 0.2) is 0 Å². The maximum atomic E-state index is 10.7.